The SMILES string of the molecule is CC1=NNc2c([N+](=O)[O-])cc3c4c(ccc1c24)CC3. The molecule has 2 aliphatic rings. The van der Waals surface area contributed by atoms with Crippen molar-refractivity contribution in [2.24, 2.45) is 5.10 Å². The second-order valence-electron chi connectivity index (χ2n) is 5.02. The summed E-state index contributed by atoms with van der Waals surface area (Å²) in [4.78, 5) is 10.9. The summed E-state index contributed by atoms with van der Waals surface area (Å²) in [5.74, 6) is 0. The van der Waals surface area contributed by atoms with Crippen LogP contribution in [0.15, 0.2) is 23.3 Å². The van der Waals surface area contributed by atoms with Crippen molar-refractivity contribution in [1.82, 2.24) is 0 Å². The standard InChI is InChI=1S/C14H11N3O2/c1-7-10-5-4-8-2-3-9-6-11(17(18)19)14(16-15-7)13(10)12(8)9/h4-6,16H,2-3H2,1H3. The summed E-state index contributed by atoms with van der Waals surface area (Å²) >= 11 is 0. The van der Waals surface area contributed by atoms with E-state index < -0.39 is 0 Å². The normalized spacial score (nSPS) is 15.3. The Kier molecular flexibility index (Phi) is 1.83. The number of nitrogens with zero attached hydrogens (tertiary/aromatic N) is 2. The molecular formula is C14H11N3O2. The van der Waals surface area contributed by atoms with Crippen molar-refractivity contribution in [1.29, 1.82) is 0 Å². The highest BCUT2D eigenvalue weighted by atomic mass is 16.6. The highest BCUT2D eigenvalue weighted by Crippen LogP contribution is 2.44. The number of aryl methyl sites for hydroxylation is 2. The van der Waals surface area contributed by atoms with E-state index in [9.17, 15) is 10.1 Å². The van der Waals surface area contributed by atoms with Crippen molar-refractivity contribution >= 4 is 27.9 Å². The number of hydrogen-bond donors (Lipinski definition) is 1. The number of anilines is 1. The van der Waals surface area contributed by atoms with Crippen molar-refractivity contribution < 1.29 is 4.92 Å². The van der Waals surface area contributed by atoms with Gasteiger partial charge in [-0.25, -0.2) is 0 Å². The number of nitro benzene ring substituents is 1. The monoisotopic (exact) mass is 253 g/mol. The number of hydrazone groups is 1. The van der Waals surface area contributed by atoms with Crippen molar-refractivity contribution in [2.45, 2.75) is 19.8 Å². The highest BCUT2D eigenvalue weighted by molar-refractivity contribution is 6.19. The Morgan fingerprint density at radius 1 is 1.26 bits per heavy atom. The Hall–Kier alpha value is -2.43. The summed E-state index contributed by atoms with van der Waals surface area (Å²) in [5, 5.41) is 17.6. The molecular weight excluding hydrogens is 242 g/mol. The first kappa shape index (κ1) is 10.5. The topological polar surface area (TPSA) is 67.5 Å². The van der Waals surface area contributed by atoms with E-state index in [0.29, 0.717) is 5.69 Å². The van der Waals surface area contributed by atoms with Crippen LogP contribution in [0, 0.1) is 10.1 Å². The van der Waals surface area contributed by atoms with Crippen LogP contribution in [0.5, 0.6) is 0 Å². The fourth-order valence-corrected chi connectivity index (χ4v) is 3.14. The first-order valence-corrected chi connectivity index (χ1v) is 6.23. The average molecular weight is 253 g/mol. The van der Waals surface area contributed by atoms with Crippen LogP contribution in [0.3, 0.4) is 0 Å². The maximum Gasteiger partial charge on any atom is 0.295 e. The lowest BCUT2D eigenvalue weighted by atomic mass is 9.94. The van der Waals surface area contributed by atoms with Crippen LogP contribution >= 0.6 is 0 Å². The smallest absolute Gasteiger partial charge is 0.271 e. The lowest BCUT2D eigenvalue weighted by Gasteiger charge is -2.18. The van der Waals surface area contributed by atoms with Crippen molar-refractivity contribution in [3.63, 3.8) is 0 Å². The maximum atomic E-state index is 11.2. The van der Waals surface area contributed by atoms with Gasteiger partial charge in [0, 0.05) is 17.0 Å². The molecule has 1 N–H and O–H groups in total. The third-order valence-corrected chi connectivity index (χ3v) is 4.02. The quantitative estimate of drug-likeness (QED) is 0.627. The minimum atomic E-state index is -0.330. The molecule has 19 heavy (non-hydrogen) atoms. The first-order chi connectivity index (χ1) is 9.16. The molecule has 0 saturated heterocycles. The molecule has 0 saturated carbocycles. The van der Waals surface area contributed by atoms with E-state index in [2.05, 4.69) is 16.6 Å². The Morgan fingerprint density at radius 3 is 2.84 bits per heavy atom. The number of nitro groups is 1. The van der Waals surface area contributed by atoms with E-state index in [4.69, 9.17) is 0 Å². The second-order valence-corrected chi connectivity index (χ2v) is 5.02. The highest BCUT2D eigenvalue weighted by Gasteiger charge is 2.28. The fourth-order valence-electron chi connectivity index (χ4n) is 3.14. The number of benzene rings is 2. The molecule has 0 unspecified atom stereocenters. The van der Waals surface area contributed by atoms with E-state index in [1.165, 1.54) is 10.9 Å². The zero-order chi connectivity index (χ0) is 13.1. The zero-order valence-corrected chi connectivity index (χ0v) is 10.4. The molecule has 0 amide bonds. The summed E-state index contributed by atoms with van der Waals surface area (Å²) in [6, 6.07) is 5.84. The van der Waals surface area contributed by atoms with Gasteiger partial charge in [0.1, 0.15) is 5.69 Å². The van der Waals surface area contributed by atoms with Gasteiger partial charge < -0.3 is 0 Å². The molecule has 4 rings (SSSR count). The molecule has 1 aliphatic heterocycles. The molecule has 2 aromatic carbocycles. The van der Waals surface area contributed by atoms with Gasteiger partial charge in [-0.2, -0.15) is 5.10 Å². The van der Waals surface area contributed by atoms with Gasteiger partial charge in [-0.1, -0.05) is 12.1 Å². The van der Waals surface area contributed by atoms with E-state index in [1.807, 2.05) is 13.0 Å². The molecule has 0 spiro atoms. The third kappa shape index (κ3) is 1.22. The molecule has 2 aromatic rings. The molecule has 0 aromatic heterocycles. The lowest BCUT2D eigenvalue weighted by molar-refractivity contribution is -0.383. The maximum absolute atomic E-state index is 11.2. The van der Waals surface area contributed by atoms with E-state index in [1.54, 1.807) is 6.07 Å². The summed E-state index contributed by atoms with van der Waals surface area (Å²) in [5.41, 5.74) is 7.75. The third-order valence-electron chi connectivity index (χ3n) is 4.02. The van der Waals surface area contributed by atoms with E-state index in [-0.39, 0.29) is 10.6 Å². The number of hydrogen-bond acceptors (Lipinski definition) is 4. The fraction of sp³-hybridized carbons (Fsp3) is 0.214. The van der Waals surface area contributed by atoms with Gasteiger partial charge in [-0.3, -0.25) is 15.5 Å². The number of rotatable bonds is 1. The van der Waals surface area contributed by atoms with Crippen LogP contribution in [0.25, 0.3) is 10.8 Å². The number of nitrogens with one attached hydrogen (secondary N) is 1. The van der Waals surface area contributed by atoms with Gasteiger partial charge in [0.25, 0.3) is 5.69 Å². The molecule has 1 heterocycles. The van der Waals surface area contributed by atoms with Crippen LogP contribution in [-0.2, 0) is 12.8 Å². The summed E-state index contributed by atoms with van der Waals surface area (Å²) < 4.78 is 0. The van der Waals surface area contributed by atoms with Gasteiger partial charge in [0.05, 0.1) is 10.6 Å². The summed E-state index contributed by atoms with van der Waals surface area (Å²) in [7, 11) is 0. The Morgan fingerprint density at radius 2 is 2.05 bits per heavy atom. The van der Waals surface area contributed by atoms with Crippen LogP contribution < -0.4 is 5.43 Å². The predicted molar refractivity (Wildman–Crippen MR) is 73.8 cm³/mol. The minimum absolute atomic E-state index is 0.124. The van der Waals surface area contributed by atoms with Gasteiger partial charge in [-0.15, -0.1) is 0 Å². The van der Waals surface area contributed by atoms with Crippen LogP contribution in [0.4, 0.5) is 11.4 Å². The van der Waals surface area contributed by atoms with E-state index >= 15 is 0 Å². The lowest BCUT2D eigenvalue weighted by Crippen LogP contribution is -2.10. The molecule has 1 aliphatic carbocycles. The predicted octanol–water partition coefficient (Wildman–Crippen LogP) is 3.00. The summed E-state index contributed by atoms with van der Waals surface area (Å²) in [6.45, 7) is 1.92. The van der Waals surface area contributed by atoms with Gasteiger partial charge in [0.2, 0.25) is 0 Å². The van der Waals surface area contributed by atoms with Gasteiger partial charge >= 0.3 is 0 Å². The van der Waals surface area contributed by atoms with Crippen molar-refractivity contribution in [3.8, 4) is 0 Å². The van der Waals surface area contributed by atoms with Crippen molar-refractivity contribution in [3.05, 3.63) is 45.0 Å². The first-order valence-electron chi connectivity index (χ1n) is 6.23. The second kappa shape index (κ2) is 3.32. The minimum Gasteiger partial charge on any atom is -0.271 e. The molecule has 5 heteroatoms. The van der Waals surface area contributed by atoms with Crippen LogP contribution in [-0.4, -0.2) is 10.6 Å². The zero-order valence-electron chi connectivity index (χ0n) is 10.4. The van der Waals surface area contributed by atoms with Gasteiger partial charge in [-0.05, 0) is 36.3 Å². The van der Waals surface area contributed by atoms with Crippen molar-refractivity contribution in [2.75, 3.05) is 5.43 Å². The Labute approximate surface area is 109 Å². The molecule has 94 valence electrons. The van der Waals surface area contributed by atoms with Crippen LogP contribution in [0.2, 0.25) is 0 Å². The molecule has 0 radical (unpaired) electrons. The van der Waals surface area contributed by atoms with Crippen LogP contribution in [0.1, 0.15) is 23.6 Å². The Bertz CT molecular complexity index is 793. The molecule has 0 atom stereocenters. The van der Waals surface area contributed by atoms with Gasteiger partial charge in [0.15, 0.2) is 0 Å². The summed E-state index contributed by atoms with van der Waals surface area (Å²) in [6.07, 6.45) is 1.84. The largest absolute Gasteiger partial charge is 0.295 e. The molecule has 0 bridgehead atoms. The molecule has 5 nitrogen and oxygen atoms in total. The average Bonchev–Trinajstić information content (AvgIpc) is 2.82. The molecule has 0 fully saturated rings. The van der Waals surface area contributed by atoms with E-state index in [0.717, 1.165) is 35.1 Å². The Balaban J connectivity index is 2.24.